The smallest absolute Gasteiger partial charge is 0.337 e. The summed E-state index contributed by atoms with van der Waals surface area (Å²) < 4.78 is 28.0. The summed E-state index contributed by atoms with van der Waals surface area (Å²) in [6, 6.07) is 3.91. The van der Waals surface area contributed by atoms with Crippen molar-refractivity contribution in [2.24, 2.45) is 5.92 Å². The number of methoxy groups -OCH3 is 1. The number of esters is 1. The Hall–Kier alpha value is -1.64. The van der Waals surface area contributed by atoms with Crippen LogP contribution in [0.5, 0.6) is 0 Å². The second kappa shape index (κ2) is 8.85. The Balaban J connectivity index is 0.00000484. The summed E-state index contributed by atoms with van der Waals surface area (Å²) in [5.74, 6) is -1.27. The van der Waals surface area contributed by atoms with Crippen molar-refractivity contribution < 1.29 is 22.7 Å². The van der Waals surface area contributed by atoms with E-state index in [4.69, 9.17) is 0 Å². The topological polar surface area (TPSA) is 102 Å². The molecule has 0 saturated heterocycles. The lowest BCUT2D eigenvalue weighted by atomic mass is 10.1. The highest BCUT2D eigenvalue weighted by Crippen LogP contribution is 2.20. The Morgan fingerprint density at radius 1 is 1.26 bits per heavy atom. The van der Waals surface area contributed by atoms with Crippen LogP contribution in [-0.2, 0) is 19.4 Å². The van der Waals surface area contributed by atoms with Crippen LogP contribution in [0.15, 0.2) is 23.1 Å². The molecular formula is C14H21ClN2O5S. The van der Waals surface area contributed by atoms with Gasteiger partial charge in [0.2, 0.25) is 5.91 Å². The lowest BCUT2D eigenvalue weighted by Crippen LogP contribution is -2.28. The predicted octanol–water partition coefficient (Wildman–Crippen LogP) is 1.09. The SMILES string of the molecule is CNCC(C)C(=O)Nc1cc(C(=O)OC)cc(S(C)(=O)=O)c1.Cl. The number of nitrogens with one attached hydrogen (secondary N) is 2. The summed E-state index contributed by atoms with van der Waals surface area (Å²) in [5, 5.41) is 5.48. The van der Waals surface area contributed by atoms with Gasteiger partial charge in [-0.15, -0.1) is 12.4 Å². The second-order valence-corrected chi connectivity index (χ2v) is 6.97. The van der Waals surface area contributed by atoms with E-state index in [9.17, 15) is 18.0 Å². The maximum atomic E-state index is 12.0. The number of sulfone groups is 1. The molecule has 0 fully saturated rings. The largest absolute Gasteiger partial charge is 0.465 e. The molecule has 0 radical (unpaired) electrons. The molecule has 2 N–H and O–H groups in total. The molecule has 23 heavy (non-hydrogen) atoms. The average Bonchev–Trinajstić information content (AvgIpc) is 2.45. The summed E-state index contributed by atoms with van der Waals surface area (Å²) >= 11 is 0. The Bertz CT molecular complexity index is 676. The zero-order chi connectivity index (χ0) is 16.9. The van der Waals surface area contributed by atoms with Gasteiger partial charge in [-0.25, -0.2) is 13.2 Å². The number of rotatable bonds is 6. The molecule has 0 aliphatic carbocycles. The van der Waals surface area contributed by atoms with Crippen LogP contribution in [0.25, 0.3) is 0 Å². The number of carbonyl (C=O) groups excluding carboxylic acids is 2. The Morgan fingerprint density at radius 3 is 2.35 bits per heavy atom. The van der Waals surface area contributed by atoms with Gasteiger partial charge in [-0.05, 0) is 25.2 Å². The van der Waals surface area contributed by atoms with Crippen molar-refractivity contribution in [2.75, 3.05) is 32.3 Å². The van der Waals surface area contributed by atoms with Crippen LogP contribution in [0.2, 0.25) is 0 Å². The molecule has 9 heteroatoms. The molecule has 130 valence electrons. The highest BCUT2D eigenvalue weighted by molar-refractivity contribution is 7.90. The first-order valence-corrected chi connectivity index (χ1v) is 8.47. The summed E-state index contributed by atoms with van der Waals surface area (Å²) in [4.78, 5) is 23.6. The van der Waals surface area contributed by atoms with E-state index in [1.54, 1.807) is 14.0 Å². The lowest BCUT2D eigenvalue weighted by molar-refractivity contribution is -0.119. The maximum Gasteiger partial charge on any atom is 0.337 e. The third-order valence-electron chi connectivity index (χ3n) is 2.98. The van der Waals surface area contributed by atoms with Crippen molar-refractivity contribution in [1.82, 2.24) is 5.32 Å². The van der Waals surface area contributed by atoms with Crippen LogP contribution in [0.3, 0.4) is 0 Å². The highest BCUT2D eigenvalue weighted by atomic mass is 35.5. The molecule has 7 nitrogen and oxygen atoms in total. The predicted molar refractivity (Wildman–Crippen MR) is 89.9 cm³/mol. The molecule has 0 bridgehead atoms. The minimum absolute atomic E-state index is 0. The van der Waals surface area contributed by atoms with E-state index in [-0.39, 0.29) is 40.4 Å². The van der Waals surface area contributed by atoms with Gasteiger partial charge >= 0.3 is 5.97 Å². The summed E-state index contributed by atoms with van der Waals surface area (Å²) in [7, 11) is -0.605. The molecule has 1 rings (SSSR count). The molecule has 0 spiro atoms. The fourth-order valence-electron chi connectivity index (χ4n) is 1.79. The molecule has 1 aromatic rings. The second-order valence-electron chi connectivity index (χ2n) is 4.96. The van der Waals surface area contributed by atoms with Crippen LogP contribution >= 0.6 is 12.4 Å². The number of anilines is 1. The Kier molecular flexibility index (Phi) is 8.22. The van der Waals surface area contributed by atoms with Crippen molar-refractivity contribution in [1.29, 1.82) is 0 Å². The minimum Gasteiger partial charge on any atom is -0.465 e. The number of carbonyl (C=O) groups is 2. The number of benzene rings is 1. The van der Waals surface area contributed by atoms with Crippen molar-refractivity contribution in [2.45, 2.75) is 11.8 Å². The number of hydrogen-bond donors (Lipinski definition) is 2. The van der Waals surface area contributed by atoms with Gasteiger partial charge < -0.3 is 15.4 Å². The van der Waals surface area contributed by atoms with Crippen LogP contribution in [0, 0.1) is 5.92 Å². The molecule has 1 aromatic carbocycles. The Morgan fingerprint density at radius 2 is 1.87 bits per heavy atom. The standard InChI is InChI=1S/C14H20N2O5S.ClH/c1-9(8-15-2)13(17)16-11-5-10(14(18)21-3)6-12(7-11)22(4,19)20;/h5-7,9,15H,8H2,1-4H3,(H,16,17);1H. The highest BCUT2D eigenvalue weighted by Gasteiger charge is 2.17. The van der Waals surface area contributed by atoms with E-state index in [0.29, 0.717) is 6.54 Å². The van der Waals surface area contributed by atoms with E-state index in [2.05, 4.69) is 15.4 Å². The molecule has 0 heterocycles. The van der Waals surface area contributed by atoms with E-state index in [1.165, 1.54) is 25.3 Å². The third-order valence-corrected chi connectivity index (χ3v) is 4.07. The van der Waals surface area contributed by atoms with Gasteiger partial charge in [0.05, 0.1) is 17.6 Å². The molecule has 0 aliphatic rings. The van der Waals surface area contributed by atoms with Crippen molar-refractivity contribution in [3.63, 3.8) is 0 Å². The van der Waals surface area contributed by atoms with Gasteiger partial charge in [0.25, 0.3) is 0 Å². The van der Waals surface area contributed by atoms with E-state index < -0.39 is 15.8 Å². The minimum atomic E-state index is -3.53. The number of ether oxygens (including phenoxy) is 1. The number of hydrogen-bond acceptors (Lipinski definition) is 6. The Labute approximate surface area is 142 Å². The molecule has 1 amide bonds. The van der Waals surface area contributed by atoms with Gasteiger partial charge in [-0.3, -0.25) is 4.79 Å². The van der Waals surface area contributed by atoms with E-state index in [1.807, 2.05) is 0 Å². The van der Waals surface area contributed by atoms with Gasteiger partial charge in [0.1, 0.15) is 0 Å². The van der Waals surface area contributed by atoms with Crippen LogP contribution in [0.4, 0.5) is 5.69 Å². The van der Waals surface area contributed by atoms with Gasteiger partial charge in [0.15, 0.2) is 9.84 Å². The number of amides is 1. The third kappa shape index (κ3) is 6.17. The zero-order valence-corrected chi connectivity index (χ0v) is 15.0. The van der Waals surface area contributed by atoms with Crippen molar-refractivity contribution in [3.05, 3.63) is 23.8 Å². The van der Waals surface area contributed by atoms with Gasteiger partial charge in [0, 0.05) is 24.4 Å². The molecule has 0 aromatic heterocycles. The fraction of sp³-hybridized carbons (Fsp3) is 0.429. The van der Waals surface area contributed by atoms with Crippen LogP contribution in [-0.4, -0.2) is 47.3 Å². The quantitative estimate of drug-likeness (QED) is 0.733. The number of halogens is 1. The zero-order valence-electron chi connectivity index (χ0n) is 13.4. The van der Waals surface area contributed by atoms with E-state index >= 15 is 0 Å². The lowest BCUT2D eigenvalue weighted by Gasteiger charge is -2.13. The summed E-state index contributed by atoms with van der Waals surface area (Å²) in [6.45, 7) is 2.20. The summed E-state index contributed by atoms with van der Waals surface area (Å²) in [5.41, 5.74) is 0.290. The average molecular weight is 365 g/mol. The first-order valence-electron chi connectivity index (χ1n) is 6.58. The molecular weight excluding hydrogens is 344 g/mol. The molecule has 1 unspecified atom stereocenters. The van der Waals surface area contributed by atoms with Crippen LogP contribution < -0.4 is 10.6 Å². The van der Waals surface area contributed by atoms with Crippen LogP contribution in [0.1, 0.15) is 17.3 Å². The normalized spacial score (nSPS) is 12.0. The van der Waals surface area contributed by atoms with Gasteiger partial charge in [-0.1, -0.05) is 6.92 Å². The maximum absolute atomic E-state index is 12.0. The monoisotopic (exact) mass is 364 g/mol. The summed E-state index contributed by atoms with van der Waals surface area (Å²) in [6.07, 6.45) is 1.03. The van der Waals surface area contributed by atoms with Crippen molar-refractivity contribution in [3.8, 4) is 0 Å². The first-order chi connectivity index (χ1) is 10.2. The van der Waals surface area contributed by atoms with Gasteiger partial charge in [-0.2, -0.15) is 0 Å². The van der Waals surface area contributed by atoms with E-state index in [0.717, 1.165) is 6.26 Å². The molecule has 0 aliphatic heterocycles. The first kappa shape index (κ1) is 21.4. The molecule has 1 atom stereocenters. The molecule has 0 saturated carbocycles. The van der Waals surface area contributed by atoms with Crippen molar-refractivity contribution >= 4 is 39.8 Å². The fourth-order valence-corrected chi connectivity index (χ4v) is 2.47.